The van der Waals surface area contributed by atoms with Crippen LogP contribution in [0.5, 0.6) is 0 Å². The molecule has 2 aromatic heterocycles. The van der Waals surface area contributed by atoms with Crippen molar-refractivity contribution in [1.82, 2.24) is 14.9 Å². The molecule has 0 N–H and O–H groups in total. The van der Waals surface area contributed by atoms with E-state index in [1.807, 2.05) is 66.9 Å². The highest BCUT2D eigenvalue weighted by atomic mass is 79.9. The Balaban J connectivity index is 1.67. The fraction of sp³-hybridized carbons (Fsp3) is 0.0435. The molecule has 0 saturated heterocycles. The van der Waals surface area contributed by atoms with E-state index in [0.717, 1.165) is 43.1 Å². The zero-order valence-electron chi connectivity index (χ0n) is 14.9. The molecular formula is C23H16BrN3O. The number of rotatable bonds is 4. The van der Waals surface area contributed by atoms with E-state index >= 15 is 0 Å². The first-order valence-corrected chi connectivity index (χ1v) is 9.78. The van der Waals surface area contributed by atoms with Crippen LogP contribution in [0.3, 0.4) is 0 Å². The molecule has 0 radical (unpaired) electrons. The van der Waals surface area contributed by atoms with Crippen LogP contribution in [0.2, 0.25) is 0 Å². The van der Waals surface area contributed by atoms with Crippen LogP contribution in [0.15, 0.2) is 89.5 Å². The van der Waals surface area contributed by atoms with E-state index in [2.05, 4.69) is 39.2 Å². The van der Waals surface area contributed by atoms with Crippen LogP contribution in [0.4, 0.5) is 0 Å². The maximum atomic E-state index is 6.03. The number of para-hydroxylation sites is 1. The van der Waals surface area contributed by atoms with E-state index in [1.165, 1.54) is 0 Å². The van der Waals surface area contributed by atoms with Crippen LogP contribution in [0.1, 0.15) is 5.56 Å². The third-order valence-corrected chi connectivity index (χ3v) is 5.23. The summed E-state index contributed by atoms with van der Waals surface area (Å²) in [5.74, 6) is 0. The predicted molar refractivity (Wildman–Crippen MR) is 115 cm³/mol. The Hall–Kier alpha value is -3.18. The summed E-state index contributed by atoms with van der Waals surface area (Å²) >= 11 is 3.50. The zero-order chi connectivity index (χ0) is 18.9. The van der Waals surface area contributed by atoms with Gasteiger partial charge in [-0.15, -0.1) is 5.10 Å². The normalized spacial score (nSPS) is 11.2. The molecule has 0 unspecified atom stereocenters. The van der Waals surface area contributed by atoms with Crippen molar-refractivity contribution in [3.8, 4) is 11.3 Å². The first-order valence-electron chi connectivity index (χ1n) is 8.99. The van der Waals surface area contributed by atoms with Crippen LogP contribution < -0.4 is 4.84 Å². The summed E-state index contributed by atoms with van der Waals surface area (Å²) in [6, 6.07) is 26.3. The quantitative estimate of drug-likeness (QED) is 0.370. The van der Waals surface area contributed by atoms with Gasteiger partial charge in [0.05, 0.1) is 22.8 Å². The van der Waals surface area contributed by atoms with Crippen LogP contribution in [0, 0.1) is 0 Å². The maximum absolute atomic E-state index is 6.03. The second kappa shape index (κ2) is 7.09. The largest absolute Gasteiger partial charge is 0.391 e. The number of hydrogen-bond donors (Lipinski definition) is 0. The summed E-state index contributed by atoms with van der Waals surface area (Å²) in [6.07, 6.45) is 1.83. The number of hydrogen-bond acceptors (Lipinski definition) is 3. The molecule has 0 aliphatic heterocycles. The van der Waals surface area contributed by atoms with Crippen LogP contribution in [0.25, 0.3) is 33.1 Å². The van der Waals surface area contributed by atoms with Gasteiger partial charge in [-0.05, 0) is 23.8 Å². The SMILES string of the molecule is Brc1ccc(-c2nc3ccccc3c3c2cnn3OCc2ccccc2)cc1. The lowest BCUT2D eigenvalue weighted by atomic mass is 10.1. The second-order valence-electron chi connectivity index (χ2n) is 6.52. The van der Waals surface area contributed by atoms with Gasteiger partial charge in [-0.2, -0.15) is 0 Å². The van der Waals surface area contributed by atoms with Crippen molar-refractivity contribution in [3.63, 3.8) is 0 Å². The van der Waals surface area contributed by atoms with Crippen LogP contribution in [-0.2, 0) is 6.61 Å². The third-order valence-electron chi connectivity index (χ3n) is 4.70. The van der Waals surface area contributed by atoms with Gasteiger partial charge < -0.3 is 4.84 Å². The van der Waals surface area contributed by atoms with E-state index in [9.17, 15) is 0 Å². The van der Waals surface area contributed by atoms with E-state index in [0.29, 0.717) is 6.61 Å². The summed E-state index contributed by atoms with van der Waals surface area (Å²) in [5.41, 5.74) is 4.88. The maximum Gasteiger partial charge on any atom is 0.142 e. The fourth-order valence-electron chi connectivity index (χ4n) is 3.34. The molecule has 28 heavy (non-hydrogen) atoms. The molecule has 0 fully saturated rings. The minimum atomic E-state index is 0.446. The van der Waals surface area contributed by atoms with Gasteiger partial charge in [0.1, 0.15) is 12.1 Å². The van der Waals surface area contributed by atoms with Crippen molar-refractivity contribution in [2.75, 3.05) is 0 Å². The number of nitrogens with zero attached hydrogens (tertiary/aromatic N) is 3. The Labute approximate surface area is 170 Å². The van der Waals surface area contributed by atoms with Gasteiger partial charge in [0, 0.05) is 15.4 Å². The molecule has 4 nitrogen and oxygen atoms in total. The molecule has 0 aliphatic rings. The minimum absolute atomic E-state index is 0.446. The van der Waals surface area contributed by atoms with E-state index < -0.39 is 0 Å². The van der Waals surface area contributed by atoms with Gasteiger partial charge in [-0.25, -0.2) is 4.98 Å². The molecule has 0 amide bonds. The standard InChI is InChI=1S/C23H16BrN3O/c24-18-12-10-17(11-13-18)22-20-14-25-27(28-15-16-6-2-1-3-7-16)23(20)19-8-4-5-9-21(19)26-22/h1-14H,15H2. The Kier molecular flexibility index (Phi) is 4.29. The van der Waals surface area contributed by atoms with E-state index in [1.54, 1.807) is 4.85 Å². The summed E-state index contributed by atoms with van der Waals surface area (Å²) < 4.78 is 1.04. The lowest BCUT2D eigenvalue weighted by Gasteiger charge is -2.10. The highest BCUT2D eigenvalue weighted by Crippen LogP contribution is 2.32. The van der Waals surface area contributed by atoms with Crippen molar-refractivity contribution in [1.29, 1.82) is 0 Å². The molecule has 0 aliphatic carbocycles. The van der Waals surface area contributed by atoms with Gasteiger partial charge in [-0.3, -0.25) is 0 Å². The number of aromatic nitrogens is 3. The van der Waals surface area contributed by atoms with Gasteiger partial charge >= 0.3 is 0 Å². The van der Waals surface area contributed by atoms with E-state index in [4.69, 9.17) is 9.82 Å². The molecule has 5 aromatic rings. The first-order chi connectivity index (χ1) is 13.8. The number of fused-ring (bicyclic) bond motifs is 3. The smallest absolute Gasteiger partial charge is 0.142 e. The molecule has 5 rings (SSSR count). The summed E-state index contributed by atoms with van der Waals surface area (Å²) in [5, 5.41) is 6.49. The number of benzene rings is 3. The summed E-state index contributed by atoms with van der Waals surface area (Å²) in [7, 11) is 0. The Morgan fingerprint density at radius 2 is 1.57 bits per heavy atom. The highest BCUT2D eigenvalue weighted by Gasteiger charge is 2.15. The molecule has 0 atom stereocenters. The van der Waals surface area contributed by atoms with Crippen molar-refractivity contribution in [2.24, 2.45) is 0 Å². The fourth-order valence-corrected chi connectivity index (χ4v) is 3.61. The summed E-state index contributed by atoms with van der Waals surface area (Å²) in [6.45, 7) is 0.446. The minimum Gasteiger partial charge on any atom is -0.391 e. The monoisotopic (exact) mass is 429 g/mol. The number of halogens is 1. The summed E-state index contributed by atoms with van der Waals surface area (Å²) in [4.78, 5) is 12.6. The lowest BCUT2D eigenvalue weighted by Crippen LogP contribution is -2.12. The van der Waals surface area contributed by atoms with Gasteiger partial charge in [-0.1, -0.05) is 81.4 Å². The molecule has 0 spiro atoms. The van der Waals surface area contributed by atoms with E-state index in [-0.39, 0.29) is 0 Å². The van der Waals surface area contributed by atoms with Crippen molar-refractivity contribution < 1.29 is 4.84 Å². The topological polar surface area (TPSA) is 39.9 Å². The molecule has 0 saturated carbocycles. The van der Waals surface area contributed by atoms with Gasteiger partial charge in [0.25, 0.3) is 0 Å². The Morgan fingerprint density at radius 3 is 2.39 bits per heavy atom. The molecular weight excluding hydrogens is 414 g/mol. The Bertz CT molecular complexity index is 1260. The average molecular weight is 430 g/mol. The van der Waals surface area contributed by atoms with Crippen LogP contribution >= 0.6 is 15.9 Å². The molecule has 3 aromatic carbocycles. The third kappa shape index (κ3) is 3.04. The van der Waals surface area contributed by atoms with Crippen molar-refractivity contribution in [2.45, 2.75) is 6.61 Å². The molecule has 5 heteroatoms. The van der Waals surface area contributed by atoms with Crippen molar-refractivity contribution in [3.05, 3.63) is 95.1 Å². The number of pyridine rings is 1. The Morgan fingerprint density at radius 1 is 0.821 bits per heavy atom. The first kappa shape index (κ1) is 17.0. The molecule has 2 heterocycles. The second-order valence-corrected chi connectivity index (χ2v) is 7.44. The highest BCUT2D eigenvalue weighted by molar-refractivity contribution is 9.10. The van der Waals surface area contributed by atoms with Crippen molar-refractivity contribution >= 4 is 37.7 Å². The lowest BCUT2D eigenvalue weighted by molar-refractivity contribution is 0.0799. The van der Waals surface area contributed by atoms with Crippen LogP contribution in [-0.4, -0.2) is 14.9 Å². The predicted octanol–water partition coefficient (Wildman–Crippen LogP) is 5.64. The average Bonchev–Trinajstić information content (AvgIpc) is 3.17. The van der Waals surface area contributed by atoms with Gasteiger partial charge in [0.2, 0.25) is 0 Å². The molecule has 0 bridgehead atoms. The zero-order valence-corrected chi connectivity index (χ0v) is 16.5. The molecule has 136 valence electrons. The van der Waals surface area contributed by atoms with Gasteiger partial charge in [0.15, 0.2) is 0 Å².